The number of hydrogen-bond acceptors (Lipinski definition) is 4. The van der Waals surface area contributed by atoms with Crippen LogP contribution in [0.5, 0.6) is 0 Å². The Morgan fingerprint density at radius 1 is 1.32 bits per heavy atom. The van der Waals surface area contributed by atoms with E-state index in [1.54, 1.807) is 18.3 Å². The molecule has 0 aliphatic carbocycles. The van der Waals surface area contributed by atoms with E-state index in [2.05, 4.69) is 40.1 Å². The van der Waals surface area contributed by atoms with Crippen LogP contribution < -0.4 is 10.6 Å². The maximum absolute atomic E-state index is 12.5. The molecule has 2 rings (SSSR count). The fourth-order valence-corrected chi connectivity index (χ4v) is 2.96. The number of anilines is 2. The first-order valence-corrected chi connectivity index (χ1v) is 9.57. The molecular weight excluding hydrogens is 352 g/mol. The number of carbonyl (C=O) groups excluding carboxylic acids is 2. The smallest absolute Gasteiger partial charge is 0.238 e. The van der Waals surface area contributed by atoms with Crippen molar-refractivity contribution in [2.24, 2.45) is 5.92 Å². The largest absolute Gasteiger partial charge is 0.324 e. The van der Waals surface area contributed by atoms with Crippen molar-refractivity contribution in [1.29, 1.82) is 0 Å². The summed E-state index contributed by atoms with van der Waals surface area (Å²) in [6.45, 7) is 13.2. The van der Waals surface area contributed by atoms with Gasteiger partial charge in [0.2, 0.25) is 11.8 Å². The SMILES string of the molecule is C=C/C=C\C1=C(C)CN(CC(=O)Nc2cnc(C)c(NC(=O)C(C)C)c2)CC1. The highest BCUT2D eigenvalue weighted by Crippen LogP contribution is 2.20. The average Bonchev–Trinajstić information content (AvgIpc) is 2.63. The minimum Gasteiger partial charge on any atom is -0.324 e. The molecular formula is C22H30N4O2. The number of nitrogens with one attached hydrogen (secondary N) is 2. The second-order valence-corrected chi connectivity index (χ2v) is 7.41. The van der Waals surface area contributed by atoms with Crippen molar-refractivity contribution in [1.82, 2.24) is 9.88 Å². The van der Waals surface area contributed by atoms with Crippen molar-refractivity contribution in [2.75, 3.05) is 30.3 Å². The Kier molecular flexibility index (Phi) is 7.70. The average molecular weight is 383 g/mol. The third-order valence-corrected chi connectivity index (χ3v) is 4.66. The Bertz CT molecular complexity index is 809. The van der Waals surface area contributed by atoms with E-state index in [-0.39, 0.29) is 17.7 Å². The maximum Gasteiger partial charge on any atom is 0.238 e. The highest BCUT2D eigenvalue weighted by Gasteiger charge is 2.18. The van der Waals surface area contributed by atoms with Crippen molar-refractivity contribution in [3.05, 3.63) is 53.9 Å². The van der Waals surface area contributed by atoms with E-state index in [1.165, 1.54) is 11.1 Å². The number of allylic oxidation sites excluding steroid dienone is 3. The van der Waals surface area contributed by atoms with Crippen LogP contribution in [0.4, 0.5) is 11.4 Å². The summed E-state index contributed by atoms with van der Waals surface area (Å²) >= 11 is 0. The lowest BCUT2D eigenvalue weighted by Gasteiger charge is -2.28. The van der Waals surface area contributed by atoms with Crippen LogP contribution in [0, 0.1) is 12.8 Å². The Hall–Kier alpha value is -2.73. The Morgan fingerprint density at radius 3 is 2.71 bits per heavy atom. The van der Waals surface area contributed by atoms with E-state index in [9.17, 15) is 9.59 Å². The van der Waals surface area contributed by atoms with E-state index in [0.29, 0.717) is 23.6 Å². The number of pyridine rings is 1. The van der Waals surface area contributed by atoms with Gasteiger partial charge in [-0.3, -0.25) is 19.5 Å². The molecule has 1 aromatic heterocycles. The first kappa shape index (κ1) is 21.6. The van der Waals surface area contributed by atoms with Crippen molar-refractivity contribution >= 4 is 23.2 Å². The Labute approximate surface area is 167 Å². The van der Waals surface area contributed by atoms with Crippen LogP contribution in [0.3, 0.4) is 0 Å². The van der Waals surface area contributed by atoms with E-state index in [4.69, 9.17) is 0 Å². The first-order valence-electron chi connectivity index (χ1n) is 9.57. The molecule has 0 unspecified atom stereocenters. The maximum atomic E-state index is 12.5. The van der Waals surface area contributed by atoms with Gasteiger partial charge in [-0.2, -0.15) is 0 Å². The van der Waals surface area contributed by atoms with Crippen molar-refractivity contribution in [2.45, 2.75) is 34.1 Å². The molecule has 150 valence electrons. The number of rotatable bonds is 7. The van der Waals surface area contributed by atoms with Crippen LogP contribution in [0.15, 0.2) is 48.2 Å². The van der Waals surface area contributed by atoms with Gasteiger partial charge >= 0.3 is 0 Å². The molecule has 0 aromatic carbocycles. The van der Waals surface area contributed by atoms with Gasteiger partial charge in [0.05, 0.1) is 29.8 Å². The van der Waals surface area contributed by atoms with Crippen LogP contribution in [-0.4, -0.2) is 41.3 Å². The summed E-state index contributed by atoms with van der Waals surface area (Å²) in [5, 5.41) is 5.73. The van der Waals surface area contributed by atoms with Gasteiger partial charge in [0, 0.05) is 19.0 Å². The van der Waals surface area contributed by atoms with Crippen molar-refractivity contribution in [3.8, 4) is 0 Å². The summed E-state index contributed by atoms with van der Waals surface area (Å²) in [5.74, 6) is -0.297. The van der Waals surface area contributed by atoms with Gasteiger partial charge in [0.15, 0.2) is 0 Å². The molecule has 0 saturated carbocycles. The standard InChI is InChI=1S/C22H30N4O2/c1-6-7-8-18-9-10-26(13-16(18)4)14-21(27)24-19-11-20(17(5)23-12-19)25-22(28)15(2)3/h6-8,11-12,15H,1,9-10,13-14H2,2-5H3,(H,24,27)(H,25,28)/b8-7-. The third kappa shape index (κ3) is 6.16. The highest BCUT2D eigenvalue weighted by atomic mass is 16.2. The van der Waals surface area contributed by atoms with Crippen LogP contribution in [0.1, 0.15) is 32.9 Å². The molecule has 1 aliphatic heterocycles. The number of amides is 2. The van der Waals surface area contributed by atoms with Gasteiger partial charge in [0.25, 0.3) is 0 Å². The highest BCUT2D eigenvalue weighted by molar-refractivity contribution is 5.95. The number of carbonyl (C=O) groups is 2. The third-order valence-electron chi connectivity index (χ3n) is 4.66. The lowest BCUT2D eigenvalue weighted by Crippen LogP contribution is -2.37. The van der Waals surface area contributed by atoms with E-state index in [0.717, 1.165) is 19.5 Å². The number of hydrogen-bond donors (Lipinski definition) is 2. The number of aryl methyl sites for hydroxylation is 1. The molecule has 6 heteroatoms. The van der Waals surface area contributed by atoms with Gasteiger partial charge < -0.3 is 10.6 Å². The molecule has 1 aromatic rings. The number of aromatic nitrogens is 1. The minimum absolute atomic E-state index is 0.0785. The van der Waals surface area contributed by atoms with E-state index < -0.39 is 0 Å². The molecule has 0 radical (unpaired) electrons. The summed E-state index contributed by atoms with van der Waals surface area (Å²) in [6, 6.07) is 1.75. The summed E-state index contributed by atoms with van der Waals surface area (Å²) in [7, 11) is 0. The predicted molar refractivity (Wildman–Crippen MR) is 114 cm³/mol. The second kappa shape index (κ2) is 9.99. The number of nitrogens with zero attached hydrogens (tertiary/aromatic N) is 2. The summed E-state index contributed by atoms with van der Waals surface area (Å²) in [6.07, 6.45) is 8.33. The molecule has 28 heavy (non-hydrogen) atoms. The van der Waals surface area contributed by atoms with Gasteiger partial charge in [-0.1, -0.05) is 44.2 Å². The molecule has 0 spiro atoms. The molecule has 6 nitrogen and oxygen atoms in total. The van der Waals surface area contributed by atoms with Gasteiger partial charge in [-0.25, -0.2) is 0 Å². The first-order chi connectivity index (χ1) is 13.3. The Balaban J connectivity index is 1.97. The fourth-order valence-electron chi connectivity index (χ4n) is 2.96. The zero-order chi connectivity index (χ0) is 20.7. The molecule has 2 amide bonds. The fraction of sp³-hybridized carbons (Fsp3) is 0.409. The van der Waals surface area contributed by atoms with Crippen LogP contribution in [0.2, 0.25) is 0 Å². The van der Waals surface area contributed by atoms with Crippen molar-refractivity contribution in [3.63, 3.8) is 0 Å². The lowest BCUT2D eigenvalue weighted by atomic mass is 10.0. The van der Waals surface area contributed by atoms with E-state index in [1.807, 2.05) is 26.8 Å². The second-order valence-electron chi connectivity index (χ2n) is 7.41. The van der Waals surface area contributed by atoms with Crippen LogP contribution in [0.25, 0.3) is 0 Å². The minimum atomic E-state index is -0.126. The molecule has 1 aliphatic rings. The molecule has 2 heterocycles. The molecule has 0 atom stereocenters. The predicted octanol–water partition coefficient (Wildman–Crippen LogP) is 3.69. The van der Waals surface area contributed by atoms with Crippen molar-refractivity contribution < 1.29 is 9.59 Å². The summed E-state index contributed by atoms with van der Waals surface area (Å²) in [4.78, 5) is 30.8. The molecule has 0 bridgehead atoms. The molecule has 0 fully saturated rings. The van der Waals surface area contributed by atoms with E-state index >= 15 is 0 Å². The summed E-state index contributed by atoms with van der Waals surface area (Å²) in [5.41, 5.74) is 4.49. The Morgan fingerprint density at radius 2 is 2.07 bits per heavy atom. The van der Waals surface area contributed by atoms with Gasteiger partial charge in [0.1, 0.15) is 0 Å². The normalized spacial score (nSPS) is 15.2. The van der Waals surface area contributed by atoms with Gasteiger partial charge in [-0.05, 0) is 31.9 Å². The zero-order valence-electron chi connectivity index (χ0n) is 17.2. The van der Waals surface area contributed by atoms with Gasteiger partial charge in [-0.15, -0.1) is 0 Å². The van der Waals surface area contributed by atoms with Crippen LogP contribution in [-0.2, 0) is 9.59 Å². The quantitative estimate of drug-likeness (QED) is 0.706. The van der Waals surface area contributed by atoms with Crippen LogP contribution >= 0.6 is 0 Å². The summed E-state index contributed by atoms with van der Waals surface area (Å²) < 4.78 is 0. The lowest BCUT2D eigenvalue weighted by molar-refractivity contribution is -0.119. The molecule has 0 saturated heterocycles. The topological polar surface area (TPSA) is 74.3 Å². The zero-order valence-corrected chi connectivity index (χ0v) is 17.2. The monoisotopic (exact) mass is 382 g/mol. The molecule has 2 N–H and O–H groups in total.